The van der Waals surface area contributed by atoms with Gasteiger partial charge >= 0.3 is 0 Å². The first-order valence-electron chi connectivity index (χ1n) is 8.39. The van der Waals surface area contributed by atoms with Gasteiger partial charge in [-0.3, -0.25) is 9.97 Å². The third-order valence-electron chi connectivity index (χ3n) is 4.18. The number of rotatable bonds is 6. The van der Waals surface area contributed by atoms with Crippen LogP contribution in [0.25, 0.3) is 16.7 Å². The van der Waals surface area contributed by atoms with Gasteiger partial charge in [-0.25, -0.2) is 0 Å². The fourth-order valence-corrected chi connectivity index (χ4v) is 2.68. The lowest BCUT2D eigenvalue weighted by atomic mass is 9.97. The van der Waals surface area contributed by atoms with Crippen LogP contribution in [0, 0.1) is 6.92 Å². The number of allylic oxidation sites excluding steroid dienone is 1. The number of pyridine rings is 2. The molecule has 0 aliphatic carbocycles. The lowest BCUT2D eigenvalue weighted by Crippen LogP contribution is -2.03. The lowest BCUT2D eigenvalue weighted by Gasteiger charge is -2.17. The van der Waals surface area contributed by atoms with Crippen molar-refractivity contribution in [3.8, 4) is 11.1 Å². The number of anilines is 2. The van der Waals surface area contributed by atoms with Crippen LogP contribution in [0.5, 0.6) is 0 Å². The number of benzene rings is 1. The molecule has 0 amide bonds. The first kappa shape index (κ1) is 17.4. The minimum atomic E-state index is 0.732. The number of hydrogen-bond acceptors (Lipinski definition) is 4. The van der Waals surface area contributed by atoms with E-state index in [1.807, 2.05) is 50.5 Å². The van der Waals surface area contributed by atoms with Gasteiger partial charge in [0.2, 0.25) is 0 Å². The number of nitrogens with zero attached hydrogens (tertiary/aromatic N) is 2. The molecule has 0 aliphatic heterocycles. The Bertz CT molecular complexity index is 928. The molecule has 130 valence electrons. The highest BCUT2D eigenvalue weighted by Crippen LogP contribution is 2.32. The Hall–Kier alpha value is -3.40. The predicted octanol–water partition coefficient (Wildman–Crippen LogP) is 5.13. The molecule has 0 atom stereocenters. The normalized spacial score (nSPS) is 10.2. The highest BCUT2D eigenvalue weighted by Gasteiger charge is 2.11. The smallest absolute Gasteiger partial charge is 0.0570 e. The van der Waals surface area contributed by atoms with Crippen LogP contribution in [0.4, 0.5) is 11.4 Å². The average Bonchev–Trinajstić information content (AvgIpc) is 2.69. The largest absolute Gasteiger partial charge is 0.388 e. The third-order valence-corrected chi connectivity index (χ3v) is 4.18. The van der Waals surface area contributed by atoms with Gasteiger partial charge in [-0.2, -0.15) is 0 Å². The van der Waals surface area contributed by atoms with Gasteiger partial charge in [0.15, 0.2) is 0 Å². The summed E-state index contributed by atoms with van der Waals surface area (Å²) >= 11 is 0. The van der Waals surface area contributed by atoms with E-state index in [2.05, 4.69) is 45.9 Å². The molecule has 26 heavy (non-hydrogen) atoms. The van der Waals surface area contributed by atoms with Crippen LogP contribution >= 0.6 is 0 Å². The molecule has 0 bridgehead atoms. The quantitative estimate of drug-likeness (QED) is 0.610. The van der Waals surface area contributed by atoms with E-state index in [0.717, 1.165) is 45.0 Å². The Balaban J connectivity index is 1.89. The molecule has 1 aromatic carbocycles. The first-order valence-corrected chi connectivity index (χ1v) is 8.39. The monoisotopic (exact) mass is 342 g/mol. The van der Waals surface area contributed by atoms with Gasteiger partial charge in [0.1, 0.15) is 0 Å². The van der Waals surface area contributed by atoms with Crippen LogP contribution in [-0.4, -0.2) is 17.0 Å². The fourth-order valence-electron chi connectivity index (χ4n) is 2.68. The second-order valence-corrected chi connectivity index (χ2v) is 6.02. The summed E-state index contributed by atoms with van der Waals surface area (Å²) in [5, 5.41) is 6.50. The lowest BCUT2D eigenvalue weighted by molar-refractivity contribution is 1.20. The number of hydrogen-bond donors (Lipinski definition) is 2. The molecule has 2 aromatic heterocycles. The number of nitrogens with one attached hydrogen (secondary N) is 2. The van der Waals surface area contributed by atoms with E-state index in [9.17, 15) is 0 Å². The van der Waals surface area contributed by atoms with Crippen LogP contribution in [0.15, 0.2) is 79.9 Å². The zero-order chi connectivity index (χ0) is 18.5. The second kappa shape index (κ2) is 7.66. The third kappa shape index (κ3) is 3.81. The van der Waals surface area contributed by atoms with Gasteiger partial charge in [-0.05, 0) is 48.4 Å². The van der Waals surface area contributed by atoms with Crippen LogP contribution in [0.2, 0.25) is 0 Å². The van der Waals surface area contributed by atoms with Gasteiger partial charge in [0.25, 0.3) is 0 Å². The van der Waals surface area contributed by atoms with E-state index in [1.54, 1.807) is 12.4 Å². The van der Waals surface area contributed by atoms with Crippen LogP contribution < -0.4 is 10.6 Å². The molecular weight excluding hydrogens is 320 g/mol. The minimum absolute atomic E-state index is 0.732. The van der Waals surface area contributed by atoms with E-state index >= 15 is 0 Å². The summed E-state index contributed by atoms with van der Waals surface area (Å²) in [6.45, 7) is 10.4. The maximum atomic E-state index is 4.30. The Labute approximate surface area is 154 Å². The Morgan fingerprint density at radius 2 is 1.85 bits per heavy atom. The Morgan fingerprint density at radius 3 is 2.50 bits per heavy atom. The molecule has 2 heterocycles. The molecule has 0 unspecified atom stereocenters. The van der Waals surface area contributed by atoms with E-state index in [1.165, 1.54) is 0 Å². The van der Waals surface area contributed by atoms with E-state index < -0.39 is 0 Å². The summed E-state index contributed by atoms with van der Waals surface area (Å²) in [5.41, 5.74) is 7.54. The molecular formula is C22H22N4. The average molecular weight is 342 g/mol. The Morgan fingerprint density at radius 1 is 1.00 bits per heavy atom. The van der Waals surface area contributed by atoms with Crippen LogP contribution in [0.3, 0.4) is 0 Å². The van der Waals surface area contributed by atoms with Crippen molar-refractivity contribution in [2.45, 2.75) is 6.92 Å². The standard InChI is InChI=1S/C22H22N4/c1-15-7-9-20(14-25-15)26-17(3)16(2)21-12-18(8-10-22(21)23-4)19-6-5-11-24-13-19/h5-14,23,26H,2-3H2,1,4H3. The molecule has 3 aromatic rings. The highest BCUT2D eigenvalue weighted by atomic mass is 14.9. The predicted molar refractivity (Wildman–Crippen MR) is 110 cm³/mol. The molecule has 0 spiro atoms. The van der Waals surface area contributed by atoms with E-state index in [0.29, 0.717) is 0 Å². The van der Waals surface area contributed by atoms with Gasteiger partial charge in [0, 0.05) is 47.6 Å². The molecule has 0 fully saturated rings. The fraction of sp³-hybridized carbons (Fsp3) is 0.0909. The summed E-state index contributed by atoms with van der Waals surface area (Å²) in [6.07, 6.45) is 5.41. The summed E-state index contributed by atoms with van der Waals surface area (Å²) in [7, 11) is 1.90. The second-order valence-electron chi connectivity index (χ2n) is 6.02. The molecule has 0 aliphatic rings. The van der Waals surface area contributed by atoms with Crippen molar-refractivity contribution >= 4 is 16.9 Å². The molecule has 2 N–H and O–H groups in total. The summed E-state index contributed by atoms with van der Waals surface area (Å²) < 4.78 is 0. The van der Waals surface area contributed by atoms with Crippen molar-refractivity contribution in [1.82, 2.24) is 9.97 Å². The van der Waals surface area contributed by atoms with Gasteiger partial charge in [-0.15, -0.1) is 0 Å². The van der Waals surface area contributed by atoms with Crippen LogP contribution in [0.1, 0.15) is 11.3 Å². The summed E-state index contributed by atoms with van der Waals surface area (Å²) in [6, 6.07) is 14.1. The van der Waals surface area contributed by atoms with Crippen molar-refractivity contribution in [3.05, 3.63) is 91.2 Å². The van der Waals surface area contributed by atoms with Crippen molar-refractivity contribution in [3.63, 3.8) is 0 Å². The molecule has 4 nitrogen and oxygen atoms in total. The zero-order valence-electron chi connectivity index (χ0n) is 15.1. The summed E-state index contributed by atoms with van der Waals surface area (Å²) in [4.78, 5) is 8.50. The molecule has 3 rings (SSSR count). The van der Waals surface area contributed by atoms with Gasteiger partial charge < -0.3 is 10.6 Å². The zero-order valence-corrected chi connectivity index (χ0v) is 15.1. The maximum absolute atomic E-state index is 4.30. The van der Waals surface area contributed by atoms with Crippen molar-refractivity contribution in [2.24, 2.45) is 0 Å². The minimum Gasteiger partial charge on any atom is -0.388 e. The highest BCUT2D eigenvalue weighted by molar-refractivity contribution is 5.88. The van der Waals surface area contributed by atoms with E-state index in [4.69, 9.17) is 0 Å². The van der Waals surface area contributed by atoms with Gasteiger partial charge in [-0.1, -0.05) is 25.3 Å². The van der Waals surface area contributed by atoms with Crippen molar-refractivity contribution < 1.29 is 0 Å². The first-order chi connectivity index (χ1) is 12.6. The van der Waals surface area contributed by atoms with E-state index in [-0.39, 0.29) is 0 Å². The van der Waals surface area contributed by atoms with Crippen molar-refractivity contribution in [2.75, 3.05) is 17.7 Å². The SMILES string of the molecule is C=C(Nc1ccc(C)nc1)C(=C)c1cc(-c2cccnc2)ccc1NC. The molecule has 0 radical (unpaired) electrons. The van der Waals surface area contributed by atoms with Gasteiger partial charge in [0.05, 0.1) is 11.9 Å². The van der Waals surface area contributed by atoms with Crippen LogP contribution in [-0.2, 0) is 0 Å². The maximum Gasteiger partial charge on any atom is 0.0570 e. The molecule has 0 saturated heterocycles. The molecule has 4 heteroatoms. The number of aryl methyl sites for hydroxylation is 1. The van der Waals surface area contributed by atoms with Crippen molar-refractivity contribution in [1.29, 1.82) is 0 Å². The number of aromatic nitrogens is 2. The molecule has 0 saturated carbocycles. The topological polar surface area (TPSA) is 49.8 Å². The summed E-state index contributed by atoms with van der Waals surface area (Å²) in [5.74, 6) is 0. The Kier molecular flexibility index (Phi) is 5.13.